The van der Waals surface area contributed by atoms with Crippen LogP contribution in [0.2, 0.25) is 5.02 Å². The minimum absolute atomic E-state index is 0.279. The van der Waals surface area contributed by atoms with E-state index in [0.29, 0.717) is 22.8 Å². The number of aromatic nitrogens is 2. The van der Waals surface area contributed by atoms with Gasteiger partial charge in [0.2, 0.25) is 0 Å². The smallest absolute Gasteiger partial charge is 0.269 e. The molecule has 0 atom stereocenters. The lowest BCUT2D eigenvalue weighted by Crippen LogP contribution is -2.23. The standard InChI is InChI=1S/C24H20ClN3O2/c25-21-13-11-20(12-14-21)23-22(16-28(26-23)15-18-7-3-1-4-8-18)24(29)27-30-17-19-9-5-2-6-10-19/h1-14,16H,15,17H2,(H,27,29). The maximum Gasteiger partial charge on any atom is 0.278 e. The van der Waals surface area contributed by atoms with Crippen LogP contribution in [0.5, 0.6) is 0 Å². The molecule has 0 fully saturated rings. The molecule has 4 aromatic rings. The van der Waals surface area contributed by atoms with Gasteiger partial charge in [0, 0.05) is 16.8 Å². The van der Waals surface area contributed by atoms with E-state index in [9.17, 15) is 4.79 Å². The topological polar surface area (TPSA) is 56.1 Å². The SMILES string of the molecule is O=C(NOCc1ccccc1)c1cn(Cc2ccccc2)nc1-c1ccc(Cl)cc1. The maximum atomic E-state index is 12.8. The molecule has 0 spiro atoms. The van der Waals surface area contributed by atoms with Gasteiger partial charge in [-0.2, -0.15) is 5.10 Å². The van der Waals surface area contributed by atoms with Gasteiger partial charge in [0.25, 0.3) is 5.91 Å². The van der Waals surface area contributed by atoms with Crippen LogP contribution in [0.15, 0.2) is 91.1 Å². The maximum absolute atomic E-state index is 12.8. The molecule has 0 bridgehead atoms. The van der Waals surface area contributed by atoms with Crippen LogP contribution >= 0.6 is 11.6 Å². The lowest BCUT2D eigenvalue weighted by molar-refractivity contribution is 0.0234. The fourth-order valence-electron chi connectivity index (χ4n) is 3.07. The van der Waals surface area contributed by atoms with Gasteiger partial charge in [0.15, 0.2) is 0 Å². The van der Waals surface area contributed by atoms with E-state index in [1.807, 2.05) is 72.8 Å². The number of hydroxylamine groups is 1. The number of hydrogen-bond donors (Lipinski definition) is 1. The molecular formula is C24H20ClN3O2. The molecule has 1 heterocycles. The van der Waals surface area contributed by atoms with E-state index in [1.165, 1.54) is 0 Å². The van der Waals surface area contributed by atoms with E-state index < -0.39 is 0 Å². The van der Waals surface area contributed by atoms with Crippen molar-refractivity contribution >= 4 is 17.5 Å². The van der Waals surface area contributed by atoms with Crippen molar-refractivity contribution in [2.75, 3.05) is 0 Å². The Morgan fingerprint density at radius 3 is 2.20 bits per heavy atom. The van der Waals surface area contributed by atoms with E-state index in [2.05, 4.69) is 10.6 Å². The van der Waals surface area contributed by atoms with Gasteiger partial charge in [-0.15, -0.1) is 0 Å². The second kappa shape index (κ2) is 9.39. The highest BCUT2D eigenvalue weighted by atomic mass is 35.5. The summed E-state index contributed by atoms with van der Waals surface area (Å²) in [5.41, 5.74) is 6.40. The molecule has 1 N–H and O–H groups in total. The summed E-state index contributed by atoms with van der Waals surface area (Å²) in [6, 6.07) is 26.9. The van der Waals surface area contributed by atoms with Crippen LogP contribution in [0.25, 0.3) is 11.3 Å². The van der Waals surface area contributed by atoms with E-state index in [-0.39, 0.29) is 12.5 Å². The Hall–Kier alpha value is -3.41. The molecule has 6 heteroatoms. The average molecular weight is 418 g/mol. The third-order valence-corrected chi connectivity index (χ3v) is 4.81. The Balaban J connectivity index is 1.56. The highest BCUT2D eigenvalue weighted by Crippen LogP contribution is 2.24. The summed E-state index contributed by atoms with van der Waals surface area (Å²) in [4.78, 5) is 18.3. The monoisotopic (exact) mass is 417 g/mol. The number of halogens is 1. The predicted molar refractivity (Wildman–Crippen MR) is 117 cm³/mol. The molecule has 0 aliphatic carbocycles. The minimum Gasteiger partial charge on any atom is -0.269 e. The quantitative estimate of drug-likeness (QED) is 0.425. The molecule has 0 saturated heterocycles. The second-order valence-corrected chi connectivity index (χ2v) is 7.22. The van der Waals surface area contributed by atoms with Crippen molar-refractivity contribution in [3.63, 3.8) is 0 Å². The van der Waals surface area contributed by atoms with Crippen LogP contribution in [0.1, 0.15) is 21.5 Å². The number of rotatable bonds is 7. The van der Waals surface area contributed by atoms with Crippen LogP contribution in [-0.2, 0) is 18.0 Å². The lowest BCUT2D eigenvalue weighted by atomic mass is 10.1. The van der Waals surface area contributed by atoms with Crippen molar-refractivity contribution in [1.29, 1.82) is 0 Å². The predicted octanol–water partition coefficient (Wildman–Crippen LogP) is 5.11. The lowest BCUT2D eigenvalue weighted by Gasteiger charge is -2.06. The molecule has 0 radical (unpaired) electrons. The van der Waals surface area contributed by atoms with Crippen molar-refractivity contribution in [3.05, 3.63) is 113 Å². The first-order valence-corrected chi connectivity index (χ1v) is 9.90. The molecule has 0 aliphatic rings. The molecule has 0 saturated carbocycles. The van der Waals surface area contributed by atoms with E-state index >= 15 is 0 Å². The van der Waals surface area contributed by atoms with Crippen LogP contribution in [0.3, 0.4) is 0 Å². The third-order valence-electron chi connectivity index (χ3n) is 4.56. The summed E-state index contributed by atoms with van der Waals surface area (Å²) in [5.74, 6) is -0.352. The Labute approximate surface area is 179 Å². The largest absolute Gasteiger partial charge is 0.278 e. The first-order valence-electron chi connectivity index (χ1n) is 9.52. The van der Waals surface area contributed by atoms with E-state index in [0.717, 1.165) is 16.7 Å². The third kappa shape index (κ3) is 4.95. The van der Waals surface area contributed by atoms with Crippen LogP contribution < -0.4 is 5.48 Å². The Morgan fingerprint density at radius 1 is 0.900 bits per heavy atom. The number of carbonyl (C=O) groups is 1. The van der Waals surface area contributed by atoms with Crippen molar-refractivity contribution in [3.8, 4) is 11.3 Å². The summed E-state index contributed by atoms with van der Waals surface area (Å²) < 4.78 is 1.76. The van der Waals surface area contributed by atoms with Gasteiger partial charge in [0.1, 0.15) is 5.69 Å². The van der Waals surface area contributed by atoms with Crippen molar-refractivity contribution in [2.24, 2.45) is 0 Å². The molecule has 1 amide bonds. The summed E-state index contributed by atoms with van der Waals surface area (Å²) in [6.07, 6.45) is 1.73. The number of amides is 1. The van der Waals surface area contributed by atoms with E-state index in [1.54, 1.807) is 23.0 Å². The summed E-state index contributed by atoms with van der Waals surface area (Å²) in [7, 11) is 0. The van der Waals surface area contributed by atoms with Crippen LogP contribution in [0, 0.1) is 0 Å². The zero-order valence-electron chi connectivity index (χ0n) is 16.2. The minimum atomic E-state index is -0.352. The Kier molecular flexibility index (Phi) is 6.23. The fraction of sp³-hybridized carbons (Fsp3) is 0.0833. The zero-order chi connectivity index (χ0) is 20.8. The van der Waals surface area contributed by atoms with Crippen molar-refractivity contribution in [1.82, 2.24) is 15.3 Å². The Morgan fingerprint density at radius 2 is 1.53 bits per heavy atom. The Bertz CT molecular complexity index is 1110. The van der Waals surface area contributed by atoms with Gasteiger partial charge in [0.05, 0.1) is 18.7 Å². The molecule has 0 unspecified atom stereocenters. The molecular weight excluding hydrogens is 398 g/mol. The van der Waals surface area contributed by atoms with Gasteiger partial charge in [-0.25, -0.2) is 5.48 Å². The van der Waals surface area contributed by atoms with Gasteiger partial charge in [-0.1, -0.05) is 84.4 Å². The number of carbonyl (C=O) groups excluding carboxylic acids is 1. The highest BCUT2D eigenvalue weighted by molar-refractivity contribution is 6.30. The van der Waals surface area contributed by atoms with Gasteiger partial charge in [-0.05, 0) is 23.3 Å². The summed E-state index contributed by atoms with van der Waals surface area (Å²) >= 11 is 6.02. The molecule has 30 heavy (non-hydrogen) atoms. The summed E-state index contributed by atoms with van der Waals surface area (Å²) in [5, 5.41) is 5.27. The molecule has 5 nitrogen and oxygen atoms in total. The van der Waals surface area contributed by atoms with Crippen LogP contribution in [0.4, 0.5) is 0 Å². The molecule has 0 aliphatic heterocycles. The van der Waals surface area contributed by atoms with Crippen molar-refractivity contribution < 1.29 is 9.63 Å². The average Bonchev–Trinajstić information content (AvgIpc) is 3.19. The first kappa shape index (κ1) is 19.9. The zero-order valence-corrected chi connectivity index (χ0v) is 16.9. The first-order chi connectivity index (χ1) is 14.7. The van der Waals surface area contributed by atoms with Crippen LogP contribution in [-0.4, -0.2) is 15.7 Å². The fourth-order valence-corrected chi connectivity index (χ4v) is 3.20. The second-order valence-electron chi connectivity index (χ2n) is 6.79. The highest BCUT2D eigenvalue weighted by Gasteiger charge is 2.18. The van der Waals surface area contributed by atoms with Gasteiger partial charge in [-0.3, -0.25) is 14.3 Å². The molecule has 4 rings (SSSR count). The van der Waals surface area contributed by atoms with Crippen molar-refractivity contribution in [2.45, 2.75) is 13.2 Å². The van der Waals surface area contributed by atoms with Gasteiger partial charge >= 0.3 is 0 Å². The number of benzene rings is 3. The number of nitrogens with zero attached hydrogens (tertiary/aromatic N) is 2. The normalized spacial score (nSPS) is 10.7. The molecule has 3 aromatic carbocycles. The molecule has 1 aromatic heterocycles. The molecule has 150 valence electrons. The van der Waals surface area contributed by atoms with Gasteiger partial charge < -0.3 is 0 Å². The van der Waals surface area contributed by atoms with E-state index in [4.69, 9.17) is 16.4 Å². The number of nitrogens with one attached hydrogen (secondary N) is 1. The number of hydrogen-bond acceptors (Lipinski definition) is 3. The summed E-state index contributed by atoms with van der Waals surface area (Å²) in [6.45, 7) is 0.834.